The van der Waals surface area contributed by atoms with Crippen molar-refractivity contribution in [1.82, 2.24) is 4.90 Å². The second kappa shape index (κ2) is 12.8. The van der Waals surface area contributed by atoms with E-state index in [1.165, 1.54) is 4.90 Å². The van der Waals surface area contributed by atoms with Gasteiger partial charge in [0.1, 0.15) is 19.5 Å². The molecule has 0 aliphatic heterocycles. The normalized spacial score (nSPS) is 11.9. The van der Waals surface area contributed by atoms with Gasteiger partial charge in [-0.15, -0.1) is 0 Å². The molecule has 1 atom stereocenters. The van der Waals surface area contributed by atoms with Crippen LogP contribution in [0.2, 0.25) is 0 Å². The van der Waals surface area contributed by atoms with Crippen LogP contribution in [0, 0.1) is 0 Å². The molecule has 2 rings (SSSR count). The molecule has 0 spiro atoms. The van der Waals surface area contributed by atoms with Gasteiger partial charge in [0.15, 0.2) is 0 Å². The monoisotopic (exact) mass is 461 g/mol. The van der Waals surface area contributed by atoms with E-state index in [0.29, 0.717) is 28.0 Å². The van der Waals surface area contributed by atoms with E-state index in [4.69, 9.17) is 20.9 Å². The van der Waals surface area contributed by atoms with Crippen molar-refractivity contribution >= 4 is 30.4 Å². The molecule has 0 saturated carbocycles. The summed E-state index contributed by atoms with van der Waals surface area (Å²) in [5.41, 5.74) is 12.6. The van der Waals surface area contributed by atoms with Gasteiger partial charge in [-0.3, -0.25) is 14.4 Å². The van der Waals surface area contributed by atoms with E-state index < -0.39 is 23.8 Å². The van der Waals surface area contributed by atoms with Crippen molar-refractivity contribution in [3.63, 3.8) is 0 Å². The lowest BCUT2D eigenvalue weighted by molar-refractivity contribution is -0.152. The molecule has 2 aromatic rings. The number of amides is 2. The quantitative estimate of drug-likeness (QED) is 0.247. The number of primary amides is 2. The minimum atomic E-state index is -1.04. The predicted molar refractivity (Wildman–Crippen MR) is 121 cm³/mol. The fourth-order valence-electron chi connectivity index (χ4n) is 3.12. The van der Waals surface area contributed by atoms with Crippen molar-refractivity contribution in [2.45, 2.75) is 25.7 Å². The molecular formula is C22H27N3O6S. The Kier molecular flexibility index (Phi) is 10.2. The summed E-state index contributed by atoms with van der Waals surface area (Å²) in [6.45, 7) is -0.0225. The molecule has 9 nitrogen and oxygen atoms in total. The Morgan fingerprint density at radius 1 is 0.875 bits per heavy atom. The van der Waals surface area contributed by atoms with Gasteiger partial charge in [0.05, 0.1) is 13.2 Å². The summed E-state index contributed by atoms with van der Waals surface area (Å²) in [5, 5.41) is 9.63. The molecule has 0 heterocycles. The van der Waals surface area contributed by atoms with Crippen LogP contribution in [-0.2, 0) is 27.5 Å². The molecule has 10 heteroatoms. The fourth-order valence-corrected chi connectivity index (χ4v) is 3.37. The zero-order valence-electron chi connectivity index (χ0n) is 17.5. The first kappa shape index (κ1) is 25.3. The number of nitrogens with zero attached hydrogens (tertiary/aromatic N) is 1. The molecule has 0 aliphatic carbocycles. The maximum absolute atomic E-state index is 11.8. The van der Waals surface area contributed by atoms with Crippen LogP contribution >= 0.6 is 12.6 Å². The van der Waals surface area contributed by atoms with Gasteiger partial charge in [-0.25, -0.2) is 4.90 Å². The van der Waals surface area contributed by atoms with Crippen molar-refractivity contribution in [1.29, 1.82) is 0 Å². The summed E-state index contributed by atoms with van der Waals surface area (Å²) >= 11 is 4.14. The number of benzene rings is 2. The van der Waals surface area contributed by atoms with Crippen molar-refractivity contribution in [3.05, 3.63) is 70.8 Å². The largest absolute Gasteiger partial charge is 0.480 e. The highest BCUT2D eigenvalue weighted by atomic mass is 32.1. The number of hydrogen-bond donors (Lipinski definition) is 4. The Morgan fingerprint density at radius 3 is 1.69 bits per heavy atom. The van der Waals surface area contributed by atoms with Crippen LogP contribution in [-0.4, -0.2) is 53.0 Å². The third-order valence-corrected chi connectivity index (χ3v) is 4.98. The number of carboxylic acids is 1. The van der Waals surface area contributed by atoms with Gasteiger partial charge >= 0.3 is 5.97 Å². The van der Waals surface area contributed by atoms with Gasteiger partial charge in [-0.1, -0.05) is 36.4 Å². The van der Waals surface area contributed by atoms with E-state index in [0.717, 1.165) is 0 Å². The van der Waals surface area contributed by atoms with Crippen LogP contribution in [0.3, 0.4) is 0 Å². The summed E-state index contributed by atoms with van der Waals surface area (Å²) in [6.07, 6.45) is 0.265. The Hall–Kier alpha value is -2.92. The number of aliphatic carboxylic acids is 1. The Bertz CT molecular complexity index is 876. The zero-order valence-corrected chi connectivity index (χ0v) is 18.4. The predicted octanol–water partition coefficient (Wildman–Crippen LogP) is 1.61. The number of carbonyl (C=O) groups is 3. The molecule has 0 fully saturated rings. The average Bonchev–Trinajstić information content (AvgIpc) is 2.76. The van der Waals surface area contributed by atoms with Crippen molar-refractivity contribution < 1.29 is 29.0 Å². The SMILES string of the molecule is NC(=O)c1ccccc1COCN(COCc1ccccc1C(N)=O)[C@@H](CCS)C(=O)O. The third-order valence-electron chi connectivity index (χ3n) is 4.72. The maximum Gasteiger partial charge on any atom is 0.321 e. The number of rotatable bonds is 14. The van der Waals surface area contributed by atoms with E-state index in [9.17, 15) is 19.5 Å². The van der Waals surface area contributed by atoms with Crippen molar-refractivity contribution in [2.24, 2.45) is 11.5 Å². The van der Waals surface area contributed by atoms with E-state index in [1.54, 1.807) is 48.5 Å². The molecule has 2 amide bonds. The highest BCUT2D eigenvalue weighted by molar-refractivity contribution is 7.80. The Balaban J connectivity index is 2.06. The Morgan fingerprint density at radius 2 is 1.31 bits per heavy atom. The molecule has 0 aliphatic rings. The Labute approximate surface area is 191 Å². The fraction of sp³-hybridized carbons (Fsp3) is 0.318. The van der Waals surface area contributed by atoms with Gasteiger partial charge < -0.3 is 26.0 Å². The van der Waals surface area contributed by atoms with Crippen molar-refractivity contribution in [2.75, 3.05) is 19.2 Å². The number of carboxylic acid groups (broad SMARTS) is 1. The van der Waals surface area contributed by atoms with Crippen LogP contribution in [0.15, 0.2) is 48.5 Å². The van der Waals surface area contributed by atoms with Gasteiger partial charge in [-0.2, -0.15) is 12.6 Å². The first-order valence-electron chi connectivity index (χ1n) is 9.83. The van der Waals surface area contributed by atoms with Crippen LogP contribution in [0.25, 0.3) is 0 Å². The number of thiol groups is 1. The van der Waals surface area contributed by atoms with Crippen LogP contribution in [0.1, 0.15) is 38.3 Å². The maximum atomic E-state index is 11.8. The number of nitrogens with two attached hydrogens (primary N) is 2. The summed E-state index contributed by atoms with van der Waals surface area (Å²) in [5.74, 6) is -1.84. The summed E-state index contributed by atoms with van der Waals surface area (Å²) < 4.78 is 11.4. The second-order valence-corrected chi connectivity index (χ2v) is 7.40. The lowest BCUT2D eigenvalue weighted by Crippen LogP contribution is -2.44. The van der Waals surface area contributed by atoms with E-state index >= 15 is 0 Å². The number of hydrogen-bond acceptors (Lipinski definition) is 7. The third kappa shape index (κ3) is 7.34. The van der Waals surface area contributed by atoms with Crippen LogP contribution < -0.4 is 11.5 Å². The molecule has 32 heavy (non-hydrogen) atoms. The summed E-state index contributed by atoms with van der Waals surface area (Å²) in [7, 11) is 0. The molecule has 5 N–H and O–H groups in total. The smallest absolute Gasteiger partial charge is 0.321 e. The molecule has 0 bridgehead atoms. The molecule has 0 radical (unpaired) electrons. The topological polar surface area (TPSA) is 145 Å². The van der Waals surface area contributed by atoms with Gasteiger partial charge in [0.2, 0.25) is 11.8 Å². The number of ether oxygens (including phenoxy) is 2. The summed E-state index contributed by atoms with van der Waals surface area (Å²) in [6, 6.07) is 12.6. The lowest BCUT2D eigenvalue weighted by Gasteiger charge is -2.28. The van der Waals surface area contributed by atoms with E-state index in [1.807, 2.05) is 0 Å². The van der Waals surface area contributed by atoms with Gasteiger partial charge in [0.25, 0.3) is 0 Å². The summed E-state index contributed by atoms with van der Waals surface area (Å²) in [4.78, 5) is 36.4. The standard InChI is InChI=1S/C22H27N3O6S/c23-20(26)17-7-3-1-5-15(17)11-30-13-25(19(9-10-32)22(28)29)14-31-12-16-6-2-4-8-18(16)21(24)27/h1-8,19,32H,9-14H2,(H2,23,26)(H2,24,27)(H,28,29)/t19-/m0/s1. The highest BCUT2D eigenvalue weighted by Gasteiger charge is 2.25. The molecule has 2 aromatic carbocycles. The highest BCUT2D eigenvalue weighted by Crippen LogP contribution is 2.14. The zero-order chi connectivity index (χ0) is 23.5. The van der Waals surface area contributed by atoms with Gasteiger partial charge in [-0.05, 0) is 35.4 Å². The number of carbonyl (C=O) groups excluding carboxylic acids is 2. The molecule has 172 valence electrons. The molecular weight excluding hydrogens is 434 g/mol. The van der Waals surface area contributed by atoms with E-state index in [2.05, 4.69) is 12.6 Å². The van der Waals surface area contributed by atoms with Crippen LogP contribution in [0.5, 0.6) is 0 Å². The van der Waals surface area contributed by atoms with E-state index in [-0.39, 0.29) is 33.1 Å². The average molecular weight is 462 g/mol. The second-order valence-electron chi connectivity index (χ2n) is 6.95. The van der Waals surface area contributed by atoms with Gasteiger partial charge in [0, 0.05) is 11.1 Å². The minimum absolute atomic E-state index is 0.0628. The molecule has 0 saturated heterocycles. The van der Waals surface area contributed by atoms with Crippen LogP contribution in [0.4, 0.5) is 0 Å². The molecule has 0 aromatic heterocycles. The lowest BCUT2D eigenvalue weighted by atomic mass is 10.1. The molecule has 0 unspecified atom stereocenters. The first-order valence-corrected chi connectivity index (χ1v) is 10.5. The van der Waals surface area contributed by atoms with Crippen molar-refractivity contribution in [3.8, 4) is 0 Å². The first-order chi connectivity index (χ1) is 15.3. The minimum Gasteiger partial charge on any atom is -0.480 e.